The molecule has 0 saturated heterocycles. The van der Waals surface area contributed by atoms with E-state index in [1.54, 1.807) is 0 Å². The lowest BCUT2D eigenvalue weighted by Crippen LogP contribution is -2.36. The van der Waals surface area contributed by atoms with Crippen molar-refractivity contribution in [1.29, 1.82) is 0 Å². The summed E-state index contributed by atoms with van der Waals surface area (Å²) in [6.07, 6.45) is 0.930. The van der Waals surface area contributed by atoms with E-state index in [4.69, 9.17) is 9.57 Å². The van der Waals surface area contributed by atoms with E-state index < -0.39 is 0 Å². The quantitative estimate of drug-likeness (QED) is 0.548. The van der Waals surface area contributed by atoms with Crippen molar-refractivity contribution in [3.63, 3.8) is 0 Å². The molecule has 0 aromatic carbocycles. The van der Waals surface area contributed by atoms with E-state index in [1.165, 1.54) is 0 Å². The van der Waals surface area contributed by atoms with Crippen molar-refractivity contribution < 1.29 is 9.57 Å². The summed E-state index contributed by atoms with van der Waals surface area (Å²) in [6.45, 7) is 15.0. The van der Waals surface area contributed by atoms with Crippen LogP contribution in [0.15, 0.2) is 0 Å². The average molecular weight is 217 g/mol. The molecule has 0 aromatic rings. The summed E-state index contributed by atoms with van der Waals surface area (Å²) in [5, 5.41) is 0. The van der Waals surface area contributed by atoms with Crippen molar-refractivity contribution in [2.75, 3.05) is 19.8 Å². The number of hydrogen-bond donors (Lipinski definition) is 1. The van der Waals surface area contributed by atoms with Crippen LogP contribution in [0.4, 0.5) is 0 Å². The van der Waals surface area contributed by atoms with Crippen molar-refractivity contribution in [2.24, 2.45) is 5.41 Å². The fourth-order valence-corrected chi connectivity index (χ4v) is 0.879. The van der Waals surface area contributed by atoms with Crippen LogP contribution >= 0.6 is 0 Å². The highest BCUT2D eigenvalue weighted by Crippen LogP contribution is 2.12. The van der Waals surface area contributed by atoms with Crippen molar-refractivity contribution in [3.05, 3.63) is 0 Å². The predicted octanol–water partition coefficient (Wildman–Crippen LogP) is 2.76. The van der Waals surface area contributed by atoms with Gasteiger partial charge < -0.3 is 9.57 Å². The van der Waals surface area contributed by atoms with E-state index in [0.29, 0.717) is 6.61 Å². The Morgan fingerprint density at radius 3 is 2.00 bits per heavy atom. The average Bonchev–Trinajstić information content (AvgIpc) is 1.98. The Bertz CT molecular complexity index is 138. The molecule has 0 rings (SSSR count). The molecule has 0 atom stereocenters. The smallest absolute Gasteiger partial charge is 0.0704 e. The predicted molar refractivity (Wildman–Crippen MR) is 63.7 cm³/mol. The standard InChI is InChI=1S/C12H27NO2/c1-11(2,3)10-14-8-7-9-15-13-12(4,5)6/h13H,7-10H2,1-6H3. The third kappa shape index (κ3) is 13.9. The number of hydroxylamine groups is 1. The number of nitrogens with one attached hydrogen (secondary N) is 1. The molecule has 0 aliphatic rings. The zero-order valence-corrected chi connectivity index (χ0v) is 11.1. The van der Waals surface area contributed by atoms with E-state index in [1.807, 2.05) is 0 Å². The summed E-state index contributed by atoms with van der Waals surface area (Å²) in [4.78, 5) is 5.30. The zero-order valence-electron chi connectivity index (χ0n) is 11.1. The molecule has 92 valence electrons. The molecule has 0 saturated carbocycles. The van der Waals surface area contributed by atoms with E-state index >= 15 is 0 Å². The van der Waals surface area contributed by atoms with Gasteiger partial charge in [0.1, 0.15) is 0 Å². The molecule has 15 heavy (non-hydrogen) atoms. The normalized spacial score (nSPS) is 13.2. The van der Waals surface area contributed by atoms with Crippen LogP contribution < -0.4 is 5.48 Å². The Kier molecular flexibility index (Phi) is 6.41. The SMILES string of the molecule is CC(C)(C)COCCCONC(C)(C)C. The van der Waals surface area contributed by atoms with Gasteiger partial charge in [0.2, 0.25) is 0 Å². The molecule has 0 aliphatic carbocycles. The topological polar surface area (TPSA) is 30.5 Å². The molecule has 0 aromatic heterocycles. The van der Waals surface area contributed by atoms with Crippen LogP contribution in [-0.2, 0) is 9.57 Å². The molecular weight excluding hydrogens is 190 g/mol. The molecule has 0 amide bonds. The van der Waals surface area contributed by atoms with Gasteiger partial charge in [-0.1, -0.05) is 20.8 Å². The molecule has 0 fully saturated rings. The minimum absolute atomic E-state index is 0.0201. The maximum absolute atomic E-state index is 5.52. The Morgan fingerprint density at radius 2 is 1.53 bits per heavy atom. The Hall–Kier alpha value is -0.120. The molecule has 0 bridgehead atoms. The largest absolute Gasteiger partial charge is 0.381 e. The maximum Gasteiger partial charge on any atom is 0.0704 e. The van der Waals surface area contributed by atoms with Gasteiger partial charge in [-0.25, -0.2) is 0 Å². The molecule has 0 aliphatic heterocycles. The van der Waals surface area contributed by atoms with Gasteiger partial charge in [-0.15, -0.1) is 0 Å². The Labute approximate surface area is 94.5 Å². The van der Waals surface area contributed by atoms with Crippen LogP contribution in [0.3, 0.4) is 0 Å². The summed E-state index contributed by atoms with van der Waals surface area (Å²) >= 11 is 0. The first-order chi connectivity index (χ1) is 6.71. The van der Waals surface area contributed by atoms with Gasteiger partial charge >= 0.3 is 0 Å². The fourth-order valence-electron chi connectivity index (χ4n) is 0.879. The van der Waals surface area contributed by atoms with Crippen LogP contribution in [0.1, 0.15) is 48.0 Å². The first-order valence-corrected chi connectivity index (χ1v) is 5.67. The third-order valence-corrected chi connectivity index (χ3v) is 1.45. The Morgan fingerprint density at radius 1 is 0.933 bits per heavy atom. The second-order valence-corrected chi connectivity index (χ2v) is 6.17. The highest BCUT2D eigenvalue weighted by Gasteiger charge is 2.10. The molecule has 3 nitrogen and oxygen atoms in total. The van der Waals surface area contributed by atoms with Gasteiger partial charge in [-0.05, 0) is 32.6 Å². The van der Waals surface area contributed by atoms with Crippen LogP contribution in [-0.4, -0.2) is 25.4 Å². The van der Waals surface area contributed by atoms with Crippen molar-refractivity contribution in [2.45, 2.75) is 53.5 Å². The lowest BCUT2D eigenvalue weighted by atomic mass is 9.99. The third-order valence-electron chi connectivity index (χ3n) is 1.45. The van der Waals surface area contributed by atoms with Crippen LogP contribution in [0.25, 0.3) is 0 Å². The Balaban J connectivity index is 3.20. The lowest BCUT2D eigenvalue weighted by Gasteiger charge is -2.20. The zero-order chi connectivity index (χ0) is 11.9. The second kappa shape index (κ2) is 6.46. The number of ether oxygens (including phenoxy) is 1. The van der Waals surface area contributed by atoms with Gasteiger partial charge in [0, 0.05) is 12.1 Å². The summed E-state index contributed by atoms with van der Waals surface area (Å²) in [6, 6.07) is 0. The molecular formula is C12H27NO2. The number of hydrogen-bond acceptors (Lipinski definition) is 3. The molecule has 3 heteroatoms. The minimum atomic E-state index is 0.0201. The summed E-state index contributed by atoms with van der Waals surface area (Å²) in [7, 11) is 0. The monoisotopic (exact) mass is 217 g/mol. The first-order valence-electron chi connectivity index (χ1n) is 5.67. The highest BCUT2D eigenvalue weighted by atomic mass is 16.6. The van der Waals surface area contributed by atoms with E-state index in [-0.39, 0.29) is 11.0 Å². The van der Waals surface area contributed by atoms with E-state index in [9.17, 15) is 0 Å². The summed E-state index contributed by atoms with van der Waals surface area (Å²) in [5.41, 5.74) is 3.25. The summed E-state index contributed by atoms with van der Waals surface area (Å²) in [5.74, 6) is 0. The van der Waals surface area contributed by atoms with Gasteiger partial charge in [-0.2, -0.15) is 5.48 Å². The molecule has 1 N–H and O–H groups in total. The van der Waals surface area contributed by atoms with Crippen molar-refractivity contribution in [1.82, 2.24) is 5.48 Å². The molecule has 0 radical (unpaired) electrons. The van der Waals surface area contributed by atoms with Gasteiger partial charge in [0.05, 0.1) is 13.2 Å². The van der Waals surface area contributed by atoms with E-state index in [2.05, 4.69) is 47.0 Å². The van der Waals surface area contributed by atoms with Crippen LogP contribution in [0.2, 0.25) is 0 Å². The maximum atomic E-state index is 5.52. The van der Waals surface area contributed by atoms with Crippen LogP contribution in [0.5, 0.6) is 0 Å². The lowest BCUT2D eigenvalue weighted by molar-refractivity contribution is -0.0205. The van der Waals surface area contributed by atoms with Gasteiger partial charge in [0.25, 0.3) is 0 Å². The molecule has 0 heterocycles. The fraction of sp³-hybridized carbons (Fsp3) is 1.00. The second-order valence-electron chi connectivity index (χ2n) is 6.17. The van der Waals surface area contributed by atoms with Gasteiger partial charge in [-0.3, -0.25) is 0 Å². The first kappa shape index (κ1) is 14.9. The summed E-state index contributed by atoms with van der Waals surface area (Å²) < 4.78 is 5.52. The van der Waals surface area contributed by atoms with Gasteiger partial charge in [0.15, 0.2) is 0 Å². The van der Waals surface area contributed by atoms with E-state index in [0.717, 1.165) is 19.6 Å². The van der Waals surface area contributed by atoms with Crippen molar-refractivity contribution >= 4 is 0 Å². The molecule has 0 unspecified atom stereocenters. The number of rotatable bonds is 6. The van der Waals surface area contributed by atoms with Crippen LogP contribution in [0, 0.1) is 5.41 Å². The minimum Gasteiger partial charge on any atom is -0.381 e. The highest BCUT2D eigenvalue weighted by molar-refractivity contribution is 4.63. The molecule has 0 spiro atoms. The van der Waals surface area contributed by atoms with Crippen molar-refractivity contribution in [3.8, 4) is 0 Å².